The molecule has 0 unspecified atom stereocenters. The molecule has 0 radical (unpaired) electrons. The van der Waals surface area contributed by atoms with Crippen LogP contribution in [0.2, 0.25) is 0 Å². The highest BCUT2D eigenvalue weighted by molar-refractivity contribution is 4.90. The van der Waals surface area contributed by atoms with Gasteiger partial charge in [0.2, 0.25) is 0 Å². The zero-order chi connectivity index (χ0) is 7.68. The Kier molecular flexibility index (Phi) is 2.14. The van der Waals surface area contributed by atoms with E-state index in [1.807, 2.05) is 0 Å². The lowest BCUT2D eigenvalue weighted by Gasteiger charge is -2.45. The van der Waals surface area contributed by atoms with Gasteiger partial charge in [0.25, 0.3) is 0 Å². The number of rotatable bonds is 2. The van der Waals surface area contributed by atoms with Crippen molar-refractivity contribution in [3.05, 3.63) is 0 Å². The van der Waals surface area contributed by atoms with Crippen LogP contribution in [0, 0.1) is 5.92 Å². The molecule has 3 aliphatic heterocycles. The Hall–Kier alpha value is -0.0800. The lowest BCUT2D eigenvalue weighted by Crippen LogP contribution is -2.55. The van der Waals surface area contributed by atoms with E-state index in [1.165, 1.54) is 32.5 Å². The van der Waals surface area contributed by atoms with Crippen molar-refractivity contribution in [2.75, 3.05) is 26.2 Å². The number of hydrogen-bond acceptors (Lipinski definition) is 2. The summed E-state index contributed by atoms with van der Waals surface area (Å²) < 4.78 is 0. The number of hydrogen-bond donors (Lipinski definition) is 1. The summed E-state index contributed by atoms with van der Waals surface area (Å²) in [5.74, 6) is 0.986. The molecule has 0 aromatic carbocycles. The number of nitrogens with one attached hydrogen (secondary N) is 1. The first-order chi connectivity index (χ1) is 5.40. The molecule has 0 amide bonds. The standard InChI is InChI=1S/C9H18N2/c1-2-10-9-7-11-5-3-8(9)4-6-11/h8-10H,2-7H2,1H3/t9-/m0/s1. The lowest BCUT2D eigenvalue weighted by atomic mass is 9.84. The van der Waals surface area contributed by atoms with Gasteiger partial charge >= 0.3 is 0 Å². The molecule has 1 N–H and O–H groups in total. The highest BCUT2D eigenvalue weighted by Gasteiger charge is 2.32. The van der Waals surface area contributed by atoms with Gasteiger partial charge in [-0.25, -0.2) is 0 Å². The Morgan fingerprint density at radius 2 is 2.09 bits per heavy atom. The average Bonchev–Trinajstić information content (AvgIpc) is 2.07. The van der Waals surface area contributed by atoms with E-state index in [0.717, 1.165) is 18.5 Å². The maximum absolute atomic E-state index is 3.57. The number of fused-ring (bicyclic) bond motifs is 3. The Morgan fingerprint density at radius 1 is 1.36 bits per heavy atom. The lowest BCUT2D eigenvalue weighted by molar-refractivity contribution is 0.0737. The Labute approximate surface area is 69.0 Å². The number of likely N-dealkylation sites (N-methyl/N-ethyl adjacent to an activating group) is 1. The average molecular weight is 154 g/mol. The first-order valence-corrected chi connectivity index (χ1v) is 4.86. The summed E-state index contributed by atoms with van der Waals surface area (Å²) in [6, 6.07) is 0.808. The quantitative estimate of drug-likeness (QED) is 0.629. The predicted molar refractivity (Wildman–Crippen MR) is 46.6 cm³/mol. The zero-order valence-corrected chi connectivity index (χ0v) is 7.34. The third-order valence-corrected chi connectivity index (χ3v) is 3.12. The van der Waals surface area contributed by atoms with Crippen LogP contribution in [0.1, 0.15) is 19.8 Å². The third kappa shape index (κ3) is 1.42. The molecule has 0 saturated carbocycles. The topological polar surface area (TPSA) is 15.3 Å². The maximum atomic E-state index is 3.57. The molecule has 2 heteroatoms. The first kappa shape index (κ1) is 7.56. The SMILES string of the molecule is CCN[C@H]1CN2CCC1CC2. The van der Waals surface area contributed by atoms with E-state index in [0.29, 0.717) is 0 Å². The van der Waals surface area contributed by atoms with Crippen molar-refractivity contribution >= 4 is 0 Å². The molecule has 3 rings (SSSR count). The summed E-state index contributed by atoms with van der Waals surface area (Å²) in [5.41, 5.74) is 0. The highest BCUT2D eigenvalue weighted by atomic mass is 15.2. The fourth-order valence-corrected chi connectivity index (χ4v) is 2.46. The van der Waals surface area contributed by atoms with Crippen LogP contribution >= 0.6 is 0 Å². The van der Waals surface area contributed by atoms with Gasteiger partial charge in [-0.3, -0.25) is 0 Å². The molecule has 11 heavy (non-hydrogen) atoms. The van der Waals surface area contributed by atoms with Crippen molar-refractivity contribution in [1.29, 1.82) is 0 Å². The van der Waals surface area contributed by atoms with Crippen molar-refractivity contribution in [3.63, 3.8) is 0 Å². The van der Waals surface area contributed by atoms with Crippen LogP contribution in [0.15, 0.2) is 0 Å². The van der Waals surface area contributed by atoms with Crippen LogP contribution in [0.4, 0.5) is 0 Å². The minimum absolute atomic E-state index is 0.808. The fraction of sp³-hybridized carbons (Fsp3) is 1.00. The molecule has 3 saturated heterocycles. The Bertz CT molecular complexity index is 128. The summed E-state index contributed by atoms with van der Waals surface area (Å²) in [5, 5.41) is 3.57. The van der Waals surface area contributed by atoms with Crippen molar-refractivity contribution < 1.29 is 0 Å². The third-order valence-electron chi connectivity index (χ3n) is 3.12. The molecule has 0 aromatic heterocycles. The van der Waals surface area contributed by atoms with Crippen LogP contribution in [-0.2, 0) is 0 Å². The van der Waals surface area contributed by atoms with Crippen molar-refractivity contribution in [3.8, 4) is 0 Å². The van der Waals surface area contributed by atoms with Crippen molar-refractivity contribution in [2.24, 2.45) is 5.92 Å². The van der Waals surface area contributed by atoms with Gasteiger partial charge in [-0.1, -0.05) is 6.92 Å². The molecule has 3 aliphatic rings. The van der Waals surface area contributed by atoms with Gasteiger partial charge in [-0.2, -0.15) is 0 Å². The molecule has 1 atom stereocenters. The van der Waals surface area contributed by atoms with Gasteiger partial charge in [0.05, 0.1) is 0 Å². The second-order valence-electron chi connectivity index (χ2n) is 3.80. The van der Waals surface area contributed by atoms with Gasteiger partial charge in [0.1, 0.15) is 0 Å². The van der Waals surface area contributed by atoms with E-state index < -0.39 is 0 Å². The molecular weight excluding hydrogens is 136 g/mol. The van der Waals surface area contributed by atoms with Crippen molar-refractivity contribution in [2.45, 2.75) is 25.8 Å². The summed E-state index contributed by atoms with van der Waals surface area (Å²) in [4.78, 5) is 2.59. The van der Waals surface area contributed by atoms with Crippen LogP contribution < -0.4 is 5.32 Å². The van der Waals surface area contributed by atoms with E-state index >= 15 is 0 Å². The van der Waals surface area contributed by atoms with E-state index in [-0.39, 0.29) is 0 Å². The van der Waals surface area contributed by atoms with E-state index in [1.54, 1.807) is 0 Å². The molecule has 0 aromatic rings. The number of nitrogens with zero attached hydrogens (tertiary/aromatic N) is 1. The molecule has 2 bridgehead atoms. The molecule has 64 valence electrons. The van der Waals surface area contributed by atoms with Gasteiger partial charge in [0.15, 0.2) is 0 Å². The molecule has 0 aliphatic carbocycles. The Morgan fingerprint density at radius 3 is 2.55 bits per heavy atom. The predicted octanol–water partition coefficient (Wildman–Crippen LogP) is 0.690. The normalized spacial score (nSPS) is 42.8. The van der Waals surface area contributed by atoms with Crippen molar-refractivity contribution in [1.82, 2.24) is 10.2 Å². The molecule has 2 nitrogen and oxygen atoms in total. The van der Waals surface area contributed by atoms with Crippen LogP contribution in [0.5, 0.6) is 0 Å². The summed E-state index contributed by atoms with van der Waals surface area (Å²) in [6.07, 6.45) is 2.86. The van der Waals surface area contributed by atoms with Crippen LogP contribution in [0.3, 0.4) is 0 Å². The minimum atomic E-state index is 0.808. The maximum Gasteiger partial charge on any atom is 0.0224 e. The molecule has 3 heterocycles. The monoisotopic (exact) mass is 154 g/mol. The zero-order valence-electron chi connectivity index (χ0n) is 7.34. The van der Waals surface area contributed by atoms with E-state index in [4.69, 9.17) is 0 Å². The highest BCUT2D eigenvalue weighted by Crippen LogP contribution is 2.27. The molecule has 3 fully saturated rings. The second kappa shape index (κ2) is 3.11. The van der Waals surface area contributed by atoms with Gasteiger partial charge in [0, 0.05) is 12.6 Å². The van der Waals surface area contributed by atoms with Crippen LogP contribution in [0.25, 0.3) is 0 Å². The summed E-state index contributed by atoms with van der Waals surface area (Å²) >= 11 is 0. The fourth-order valence-electron chi connectivity index (χ4n) is 2.46. The summed E-state index contributed by atoms with van der Waals surface area (Å²) in [7, 11) is 0. The minimum Gasteiger partial charge on any atom is -0.313 e. The molecule has 0 spiro atoms. The number of piperidine rings is 3. The first-order valence-electron chi connectivity index (χ1n) is 4.86. The molecular formula is C9H18N2. The van der Waals surface area contributed by atoms with E-state index in [2.05, 4.69) is 17.1 Å². The Balaban J connectivity index is 1.92. The largest absolute Gasteiger partial charge is 0.313 e. The van der Waals surface area contributed by atoms with E-state index in [9.17, 15) is 0 Å². The van der Waals surface area contributed by atoms with Gasteiger partial charge < -0.3 is 10.2 Å². The van der Waals surface area contributed by atoms with Gasteiger partial charge in [-0.05, 0) is 38.4 Å². The van der Waals surface area contributed by atoms with Crippen LogP contribution in [-0.4, -0.2) is 37.1 Å². The summed E-state index contributed by atoms with van der Waals surface area (Å²) in [6.45, 7) is 7.35. The smallest absolute Gasteiger partial charge is 0.0224 e. The second-order valence-corrected chi connectivity index (χ2v) is 3.80. The van der Waals surface area contributed by atoms with Gasteiger partial charge in [-0.15, -0.1) is 0 Å².